The zero-order valence-corrected chi connectivity index (χ0v) is 17.6. The van der Waals surface area contributed by atoms with Gasteiger partial charge in [0.2, 0.25) is 0 Å². The number of hydrogen-bond acceptors (Lipinski definition) is 4. The second-order valence-corrected chi connectivity index (χ2v) is 8.93. The molecule has 0 unspecified atom stereocenters. The molecular weight excluding hydrogens is 362 g/mol. The standard InChI is InChI=1S/C23H31N5O/c1-4-28-16(3)19(15(2)25-28)13-26-11-17-9-22(23(29)10-18(17)12-26)27-14-24-20-7-5-6-8-21(20)27/h5-8,14,17-18,22-23,29H,4,9-13H2,1-3H3/t17-,18+,22-,23-/m1/s1. The zero-order valence-electron chi connectivity index (χ0n) is 17.6. The summed E-state index contributed by atoms with van der Waals surface area (Å²) in [5.41, 5.74) is 5.96. The Morgan fingerprint density at radius 1 is 1.10 bits per heavy atom. The molecule has 2 aliphatic rings. The number of para-hydroxylation sites is 2. The number of benzene rings is 1. The van der Waals surface area contributed by atoms with Crippen LogP contribution in [0.25, 0.3) is 11.0 Å². The van der Waals surface area contributed by atoms with Gasteiger partial charge in [0, 0.05) is 37.4 Å². The summed E-state index contributed by atoms with van der Waals surface area (Å²) < 4.78 is 4.32. The van der Waals surface area contributed by atoms with Gasteiger partial charge >= 0.3 is 0 Å². The van der Waals surface area contributed by atoms with Crippen molar-refractivity contribution in [1.82, 2.24) is 24.2 Å². The Morgan fingerprint density at radius 3 is 2.62 bits per heavy atom. The van der Waals surface area contributed by atoms with E-state index in [2.05, 4.69) is 57.1 Å². The smallest absolute Gasteiger partial charge is 0.0961 e. The molecule has 1 aliphatic carbocycles. The first-order chi connectivity index (χ1) is 14.0. The van der Waals surface area contributed by atoms with E-state index in [9.17, 15) is 5.11 Å². The molecule has 6 nitrogen and oxygen atoms in total. The normalized spacial score (nSPS) is 27.6. The number of aromatic nitrogens is 4. The van der Waals surface area contributed by atoms with Crippen molar-refractivity contribution in [2.24, 2.45) is 11.8 Å². The highest BCUT2D eigenvalue weighted by Crippen LogP contribution is 2.42. The van der Waals surface area contributed by atoms with Crippen molar-refractivity contribution >= 4 is 11.0 Å². The summed E-state index contributed by atoms with van der Waals surface area (Å²) in [6.45, 7) is 10.5. The molecule has 1 aliphatic heterocycles. The van der Waals surface area contributed by atoms with Gasteiger partial charge in [-0.3, -0.25) is 9.58 Å². The topological polar surface area (TPSA) is 59.1 Å². The van der Waals surface area contributed by atoms with Crippen molar-refractivity contribution < 1.29 is 5.11 Å². The second-order valence-electron chi connectivity index (χ2n) is 8.93. The maximum atomic E-state index is 11.0. The van der Waals surface area contributed by atoms with Crippen molar-refractivity contribution in [3.05, 3.63) is 47.5 Å². The fraction of sp³-hybridized carbons (Fsp3) is 0.565. The van der Waals surface area contributed by atoms with Crippen molar-refractivity contribution in [2.45, 2.75) is 58.8 Å². The quantitative estimate of drug-likeness (QED) is 0.739. The third kappa shape index (κ3) is 3.19. The summed E-state index contributed by atoms with van der Waals surface area (Å²) in [6, 6.07) is 8.35. The summed E-state index contributed by atoms with van der Waals surface area (Å²) in [7, 11) is 0. The van der Waals surface area contributed by atoms with Crippen molar-refractivity contribution in [3.8, 4) is 0 Å². The minimum absolute atomic E-state index is 0.120. The lowest BCUT2D eigenvalue weighted by molar-refractivity contribution is 0.0374. The lowest BCUT2D eigenvalue weighted by atomic mass is 9.77. The molecular formula is C23H31N5O. The van der Waals surface area contributed by atoms with Crippen LogP contribution in [-0.4, -0.2) is 48.5 Å². The first-order valence-electron chi connectivity index (χ1n) is 10.9. The van der Waals surface area contributed by atoms with Gasteiger partial charge in [0.15, 0.2) is 0 Å². The number of aliphatic hydroxyl groups excluding tert-OH is 1. The van der Waals surface area contributed by atoms with Crippen molar-refractivity contribution in [2.75, 3.05) is 13.1 Å². The second kappa shape index (κ2) is 7.26. The van der Waals surface area contributed by atoms with E-state index in [1.54, 1.807) is 0 Å². The predicted octanol–water partition coefficient (Wildman–Crippen LogP) is 3.31. The van der Waals surface area contributed by atoms with Gasteiger partial charge in [-0.1, -0.05) is 12.1 Å². The average Bonchev–Trinajstić information content (AvgIpc) is 3.38. The van der Waals surface area contributed by atoms with Gasteiger partial charge in [-0.25, -0.2) is 4.98 Å². The van der Waals surface area contributed by atoms with Crippen LogP contribution in [-0.2, 0) is 13.1 Å². The first kappa shape index (κ1) is 18.8. The molecule has 1 saturated heterocycles. The Kier molecular flexibility index (Phi) is 4.71. The molecule has 0 radical (unpaired) electrons. The molecule has 29 heavy (non-hydrogen) atoms. The van der Waals surface area contributed by atoms with Gasteiger partial charge in [0.05, 0.1) is 35.2 Å². The highest BCUT2D eigenvalue weighted by Gasteiger charge is 2.42. The lowest BCUT2D eigenvalue weighted by Crippen LogP contribution is -2.36. The Bertz CT molecular complexity index is 1020. The van der Waals surface area contributed by atoms with Gasteiger partial charge in [0.1, 0.15) is 0 Å². The number of rotatable bonds is 4. The summed E-state index contributed by atoms with van der Waals surface area (Å²) in [6.07, 6.45) is 3.51. The van der Waals surface area contributed by atoms with Crippen LogP contribution in [0.1, 0.15) is 42.8 Å². The minimum Gasteiger partial charge on any atom is -0.391 e. The fourth-order valence-corrected chi connectivity index (χ4v) is 5.67. The molecule has 1 N–H and O–H groups in total. The molecule has 2 fully saturated rings. The molecule has 5 rings (SSSR count). The summed E-state index contributed by atoms with van der Waals surface area (Å²) >= 11 is 0. The first-order valence-corrected chi connectivity index (χ1v) is 10.9. The SMILES string of the molecule is CCn1nc(C)c(CN2C[C@H]3C[C@@H](n4cnc5ccccc54)[C@H](O)C[C@H]3C2)c1C. The van der Waals surface area contributed by atoms with Crippen LogP contribution in [0.2, 0.25) is 0 Å². The van der Waals surface area contributed by atoms with Crippen molar-refractivity contribution in [3.63, 3.8) is 0 Å². The van der Waals surface area contributed by atoms with Crippen LogP contribution in [0.15, 0.2) is 30.6 Å². The monoisotopic (exact) mass is 393 g/mol. The molecule has 4 atom stereocenters. The van der Waals surface area contributed by atoms with E-state index in [4.69, 9.17) is 0 Å². The van der Waals surface area contributed by atoms with E-state index in [1.165, 1.54) is 11.3 Å². The molecule has 1 aromatic carbocycles. The van der Waals surface area contributed by atoms with Gasteiger partial charge in [-0.2, -0.15) is 5.10 Å². The highest BCUT2D eigenvalue weighted by molar-refractivity contribution is 5.75. The lowest BCUT2D eigenvalue weighted by Gasteiger charge is -2.36. The van der Waals surface area contributed by atoms with Gasteiger partial charge in [-0.15, -0.1) is 0 Å². The third-order valence-corrected chi connectivity index (χ3v) is 7.24. The van der Waals surface area contributed by atoms with E-state index in [0.29, 0.717) is 11.8 Å². The van der Waals surface area contributed by atoms with Crippen LogP contribution in [0, 0.1) is 25.7 Å². The highest BCUT2D eigenvalue weighted by atomic mass is 16.3. The Balaban J connectivity index is 1.33. The molecule has 0 amide bonds. The maximum absolute atomic E-state index is 11.0. The molecule has 154 valence electrons. The third-order valence-electron chi connectivity index (χ3n) is 7.24. The predicted molar refractivity (Wildman–Crippen MR) is 114 cm³/mol. The van der Waals surface area contributed by atoms with Gasteiger partial charge in [-0.05, 0) is 57.6 Å². The van der Waals surface area contributed by atoms with Crippen LogP contribution in [0.5, 0.6) is 0 Å². The van der Waals surface area contributed by atoms with Gasteiger partial charge in [0.25, 0.3) is 0 Å². The maximum Gasteiger partial charge on any atom is 0.0961 e. The van der Waals surface area contributed by atoms with Crippen LogP contribution >= 0.6 is 0 Å². The number of aliphatic hydroxyl groups is 1. The molecule has 2 aromatic heterocycles. The molecule has 0 spiro atoms. The van der Waals surface area contributed by atoms with E-state index in [0.717, 1.165) is 55.7 Å². The number of fused-ring (bicyclic) bond motifs is 2. The van der Waals surface area contributed by atoms with Gasteiger partial charge < -0.3 is 9.67 Å². The van der Waals surface area contributed by atoms with E-state index >= 15 is 0 Å². The van der Waals surface area contributed by atoms with Crippen molar-refractivity contribution in [1.29, 1.82) is 0 Å². The van der Waals surface area contributed by atoms with E-state index in [-0.39, 0.29) is 12.1 Å². The van der Waals surface area contributed by atoms with E-state index in [1.807, 2.05) is 18.5 Å². The number of nitrogens with zero attached hydrogens (tertiary/aromatic N) is 5. The zero-order chi connectivity index (χ0) is 20.1. The number of imidazole rings is 1. The minimum atomic E-state index is -0.305. The summed E-state index contributed by atoms with van der Waals surface area (Å²) in [5, 5.41) is 15.7. The molecule has 6 heteroatoms. The van der Waals surface area contributed by atoms with Crippen LogP contribution < -0.4 is 0 Å². The van der Waals surface area contributed by atoms with E-state index < -0.39 is 0 Å². The molecule has 1 saturated carbocycles. The number of likely N-dealkylation sites (tertiary alicyclic amines) is 1. The molecule has 0 bridgehead atoms. The van der Waals surface area contributed by atoms with Crippen LogP contribution in [0.4, 0.5) is 0 Å². The number of aryl methyl sites for hydroxylation is 2. The Labute approximate surface area is 172 Å². The average molecular weight is 394 g/mol. The molecule has 3 heterocycles. The fourth-order valence-electron chi connectivity index (χ4n) is 5.67. The Hall–Kier alpha value is -2.18. The Morgan fingerprint density at radius 2 is 1.86 bits per heavy atom. The number of hydrogen-bond donors (Lipinski definition) is 1. The largest absolute Gasteiger partial charge is 0.391 e. The summed E-state index contributed by atoms with van der Waals surface area (Å²) in [4.78, 5) is 7.12. The summed E-state index contributed by atoms with van der Waals surface area (Å²) in [5.74, 6) is 1.21. The van der Waals surface area contributed by atoms with Crippen LogP contribution in [0.3, 0.4) is 0 Å². The molecule has 3 aromatic rings.